The molecule has 2 saturated heterocycles. The van der Waals surface area contributed by atoms with Gasteiger partial charge in [0.2, 0.25) is 17.7 Å². The van der Waals surface area contributed by atoms with Crippen molar-refractivity contribution in [1.82, 2.24) is 44.5 Å². The van der Waals surface area contributed by atoms with Gasteiger partial charge in [-0.2, -0.15) is 10.2 Å². The van der Waals surface area contributed by atoms with E-state index < -0.39 is 41.5 Å². The Morgan fingerprint density at radius 1 is 0.915 bits per heavy atom. The van der Waals surface area contributed by atoms with E-state index in [-0.39, 0.29) is 66.3 Å². The number of carbonyl (C=O) groups is 5. The van der Waals surface area contributed by atoms with Gasteiger partial charge in [-0.3, -0.25) is 28.7 Å². The Morgan fingerprint density at radius 3 is 2.24 bits per heavy atom. The molecule has 5 aromatic rings. The zero-order chi connectivity index (χ0) is 50.8. The number of aromatic nitrogens is 6. The number of ketones is 1. The van der Waals surface area contributed by atoms with Crippen molar-refractivity contribution in [2.24, 2.45) is 18.4 Å². The van der Waals surface area contributed by atoms with E-state index in [1.54, 1.807) is 23.6 Å². The quantitative estimate of drug-likeness (QED) is 0.0579. The van der Waals surface area contributed by atoms with Crippen LogP contribution in [0.25, 0.3) is 16.1 Å². The van der Waals surface area contributed by atoms with Crippen molar-refractivity contribution in [1.29, 1.82) is 0 Å². The Kier molecular flexibility index (Phi) is 17.7. The van der Waals surface area contributed by atoms with E-state index in [1.165, 1.54) is 33.5 Å². The number of carbonyl (C=O) groups excluding carboxylic acids is 5. The molecule has 382 valence electrons. The third-order valence-corrected chi connectivity index (χ3v) is 14.5. The summed E-state index contributed by atoms with van der Waals surface area (Å²) < 4.78 is 29.6. The van der Waals surface area contributed by atoms with Crippen LogP contribution >= 0.6 is 11.3 Å². The highest BCUT2D eigenvalue weighted by Gasteiger charge is 2.44. The number of rotatable bonds is 22. The second kappa shape index (κ2) is 23.8. The number of thiazole rings is 1. The molecule has 20 heteroatoms. The highest BCUT2D eigenvalue weighted by atomic mass is 32.1. The molecule has 6 heterocycles. The first-order valence-corrected chi connectivity index (χ1v) is 25.6. The first-order valence-electron chi connectivity index (χ1n) is 24.7. The number of aliphatic hydroxyl groups is 1. The van der Waals surface area contributed by atoms with Crippen LogP contribution in [-0.2, 0) is 32.8 Å². The van der Waals surface area contributed by atoms with E-state index in [2.05, 4.69) is 30.8 Å². The number of hydrogen-bond donors (Lipinski definition) is 3. The van der Waals surface area contributed by atoms with Gasteiger partial charge in [-0.05, 0) is 42.4 Å². The maximum atomic E-state index is 14.1. The zero-order valence-corrected chi connectivity index (χ0v) is 42.2. The average Bonchev–Trinajstić information content (AvgIpc) is 4.16. The normalized spacial score (nSPS) is 16.8. The van der Waals surface area contributed by atoms with E-state index in [4.69, 9.17) is 0 Å². The standard InChI is InChI=1S/C51H67F2N11O6S/c1-33-45(71-32-55-33)35-18-16-34(17-19-35)28-54-49(69)41-27-37(66)30-63(41)50(70)39(51(2,3)4)26-36(65)14-12-10-8-6-7-9-11-13-15-43(67)62-24-22-61(23-25-62)42-20-21-64-47(58-42)38(29-56-64)48(68)57-40-31-60(5)59-44(40)46(52)53/h16-21,29,31-32,37,39,41,46,66H,6-15,22-28,30H2,1-5H3,(H,54,69)(H,57,68)/t37-,39-,41+/m1/s1. The Labute approximate surface area is 417 Å². The van der Waals surface area contributed by atoms with Gasteiger partial charge in [-0.25, -0.2) is 23.3 Å². The lowest BCUT2D eigenvalue weighted by Crippen LogP contribution is -2.50. The fraction of sp³-hybridized carbons (Fsp3) is 0.549. The van der Waals surface area contributed by atoms with Gasteiger partial charge in [-0.15, -0.1) is 11.3 Å². The lowest BCUT2D eigenvalue weighted by molar-refractivity contribution is -0.146. The van der Waals surface area contributed by atoms with E-state index in [0.717, 1.165) is 73.1 Å². The number of likely N-dealkylation sites (tertiary alicyclic amines) is 1. The maximum absolute atomic E-state index is 14.1. The largest absolute Gasteiger partial charge is 0.391 e. The molecule has 0 bridgehead atoms. The van der Waals surface area contributed by atoms with Crippen molar-refractivity contribution in [2.45, 2.75) is 130 Å². The predicted molar refractivity (Wildman–Crippen MR) is 267 cm³/mol. The number of aliphatic hydroxyl groups excluding tert-OH is 1. The van der Waals surface area contributed by atoms with Crippen LogP contribution in [0.5, 0.6) is 0 Å². The van der Waals surface area contributed by atoms with Gasteiger partial charge in [0.25, 0.3) is 12.3 Å². The summed E-state index contributed by atoms with van der Waals surface area (Å²) in [7, 11) is 1.49. The summed E-state index contributed by atoms with van der Waals surface area (Å²) in [5.41, 5.74) is 4.05. The number of alkyl halides is 2. The summed E-state index contributed by atoms with van der Waals surface area (Å²) in [5, 5.41) is 24.0. The summed E-state index contributed by atoms with van der Waals surface area (Å²) in [6, 6.07) is 8.91. The number of Topliss-reactive ketones (excluding diaryl/α,β-unsaturated/α-hetero) is 1. The number of β-amino-alcohol motifs (C(OH)–C–C–N with tert-alkyl or cyclic N) is 1. The molecule has 0 radical (unpaired) electrons. The number of benzene rings is 1. The van der Waals surface area contributed by atoms with Crippen LogP contribution in [0.4, 0.5) is 20.3 Å². The number of nitrogens with one attached hydrogen (secondary N) is 2. The van der Waals surface area contributed by atoms with Crippen LogP contribution in [0.1, 0.15) is 132 Å². The molecule has 4 amide bonds. The summed E-state index contributed by atoms with van der Waals surface area (Å²) in [4.78, 5) is 82.5. The lowest BCUT2D eigenvalue weighted by atomic mass is 9.76. The highest BCUT2D eigenvalue weighted by molar-refractivity contribution is 7.13. The minimum atomic E-state index is -2.85. The molecule has 1 aromatic carbocycles. The summed E-state index contributed by atoms with van der Waals surface area (Å²) in [6.45, 7) is 10.3. The monoisotopic (exact) mass is 999 g/mol. The first-order chi connectivity index (χ1) is 34.0. The number of anilines is 2. The molecule has 0 saturated carbocycles. The molecule has 2 aliphatic rings. The maximum Gasteiger partial charge on any atom is 0.284 e. The van der Waals surface area contributed by atoms with Crippen LogP contribution in [-0.4, -0.2) is 119 Å². The average molecular weight is 1000 g/mol. The van der Waals surface area contributed by atoms with Crippen molar-refractivity contribution >= 4 is 57.9 Å². The number of piperazine rings is 1. The summed E-state index contributed by atoms with van der Waals surface area (Å²) in [6.07, 6.45) is 9.35. The van der Waals surface area contributed by atoms with Gasteiger partial charge in [-0.1, -0.05) is 83.6 Å². The number of aryl methyl sites for hydroxylation is 2. The molecule has 0 spiro atoms. The number of fused-ring (bicyclic) bond motifs is 1. The van der Waals surface area contributed by atoms with E-state index in [1.807, 2.05) is 67.3 Å². The second-order valence-corrected chi connectivity index (χ2v) is 20.8. The highest BCUT2D eigenvalue weighted by Crippen LogP contribution is 2.34. The molecular formula is C51H67F2N11O6S. The Balaban J connectivity index is 0.756. The van der Waals surface area contributed by atoms with Crippen molar-refractivity contribution in [3.8, 4) is 10.4 Å². The number of nitrogens with zero attached hydrogens (tertiary/aromatic N) is 9. The Morgan fingerprint density at radius 2 is 1.59 bits per heavy atom. The van der Waals surface area contributed by atoms with Gasteiger partial charge >= 0.3 is 0 Å². The summed E-state index contributed by atoms with van der Waals surface area (Å²) >= 11 is 1.58. The molecule has 17 nitrogen and oxygen atoms in total. The van der Waals surface area contributed by atoms with Gasteiger partial charge < -0.3 is 30.4 Å². The number of unbranched alkanes of at least 4 members (excludes halogenated alkanes) is 7. The minimum absolute atomic E-state index is 0.0308. The molecular weight excluding hydrogens is 933 g/mol. The van der Waals surface area contributed by atoms with Crippen LogP contribution < -0.4 is 15.5 Å². The Hall–Kier alpha value is -6.15. The van der Waals surface area contributed by atoms with Gasteiger partial charge in [0.15, 0.2) is 11.3 Å². The molecule has 2 fully saturated rings. The van der Waals surface area contributed by atoms with Gasteiger partial charge in [0.05, 0.1) is 34.1 Å². The molecule has 4 aromatic heterocycles. The molecule has 7 rings (SSSR count). The number of hydrogen-bond acceptors (Lipinski definition) is 12. The number of amides is 4. The lowest BCUT2D eigenvalue weighted by Gasteiger charge is -2.35. The molecule has 0 unspecified atom stereocenters. The van der Waals surface area contributed by atoms with Crippen LogP contribution in [0.3, 0.4) is 0 Å². The first kappa shape index (κ1) is 52.7. The molecule has 3 N–H and O–H groups in total. The van der Waals surface area contributed by atoms with Crippen LogP contribution in [0.2, 0.25) is 0 Å². The molecule has 2 aliphatic heterocycles. The van der Waals surface area contributed by atoms with Crippen molar-refractivity contribution < 1.29 is 37.9 Å². The third-order valence-electron chi connectivity index (χ3n) is 13.5. The van der Waals surface area contributed by atoms with Crippen LogP contribution in [0.15, 0.2) is 54.4 Å². The Bertz CT molecular complexity index is 2640. The summed E-state index contributed by atoms with van der Waals surface area (Å²) in [5.74, 6) is -1.06. The van der Waals surface area contributed by atoms with E-state index in [9.17, 15) is 37.9 Å². The van der Waals surface area contributed by atoms with E-state index >= 15 is 0 Å². The molecule has 0 aliphatic carbocycles. The van der Waals surface area contributed by atoms with Gasteiger partial charge in [0.1, 0.15) is 23.2 Å². The second-order valence-electron chi connectivity index (χ2n) is 19.9. The third kappa shape index (κ3) is 13.6. The van der Waals surface area contributed by atoms with E-state index in [0.29, 0.717) is 44.8 Å². The fourth-order valence-corrected chi connectivity index (χ4v) is 10.2. The SMILES string of the molecule is Cc1ncsc1-c1ccc(CNC(=O)[C@@H]2C[C@@H](O)CN2C(=O)[C@@H](CC(=O)CCCCCCCCCCC(=O)N2CCN(c3ccn4ncc(C(=O)Nc5cn(C)nc5C(F)F)c4n3)CC2)C(C)(C)C)cc1. The topological polar surface area (TPSA) is 200 Å². The fourth-order valence-electron chi connectivity index (χ4n) is 9.41. The predicted octanol–water partition coefficient (Wildman–Crippen LogP) is 7.53. The minimum Gasteiger partial charge on any atom is -0.391 e. The van der Waals surface area contributed by atoms with Crippen molar-refractivity contribution in [3.05, 3.63) is 76.9 Å². The van der Waals surface area contributed by atoms with Crippen LogP contribution in [0, 0.1) is 18.3 Å². The smallest absolute Gasteiger partial charge is 0.284 e. The molecule has 3 atom stereocenters. The van der Waals surface area contributed by atoms with Crippen molar-refractivity contribution in [2.75, 3.05) is 42.9 Å². The zero-order valence-electron chi connectivity index (χ0n) is 41.4. The number of halogens is 2. The molecule has 71 heavy (non-hydrogen) atoms. The van der Waals surface area contributed by atoms with Gasteiger partial charge in [0, 0.05) is 90.3 Å². The van der Waals surface area contributed by atoms with Crippen molar-refractivity contribution in [3.63, 3.8) is 0 Å².